The van der Waals surface area contributed by atoms with Crippen molar-refractivity contribution >= 4 is 17.7 Å². The summed E-state index contributed by atoms with van der Waals surface area (Å²) in [5.41, 5.74) is 4.80. The van der Waals surface area contributed by atoms with E-state index in [1.165, 1.54) is 11.8 Å². The first-order chi connectivity index (χ1) is 5.13. The molecule has 0 fully saturated rings. The molecule has 1 amide bonds. The van der Waals surface area contributed by atoms with Crippen molar-refractivity contribution in [2.75, 3.05) is 18.1 Å². The Hall–Kier alpha value is -0.980. The number of carbonyl (C=O) groups is 1. The van der Waals surface area contributed by atoms with Crippen molar-refractivity contribution in [3.8, 4) is 0 Å². The van der Waals surface area contributed by atoms with Crippen molar-refractivity contribution < 1.29 is 14.7 Å². The highest BCUT2D eigenvalue weighted by Crippen LogP contribution is 1.97. The predicted octanol–water partition coefficient (Wildman–Crippen LogP) is -0.587. The normalized spacial score (nSPS) is 9.09. The Morgan fingerprint density at radius 3 is 2.82 bits per heavy atom. The molecule has 0 atom stereocenters. The van der Waals surface area contributed by atoms with Crippen molar-refractivity contribution in [2.24, 2.45) is 5.73 Å². The minimum Gasteiger partial charge on any atom is -0.369 e. The van der Waals surface area contributed by atoms with Crippen LogP contribution >= 0.6 is 11.8 Å². The van der Waals surface area contributed by atoms with Gasteiger partial charge in [0.1, 0.15) is 6.61 Å². The number of amides is 1. The Morgan fingerprint density at radius 1 is 1.73 bits per heavy atom. The molecule has 0 aromatic rings. The molecular formula is C4H8N2O4S. The van der Waals surface area contributed by atoms with Crippen LogP contribution < -0.4 is 5.73 Å². The van der Waals surface area contributed by atoms with Gasteiger partial charge < -0.3 is 10.6 Å². The zero-order valence-corrected chi connectivity index (χ0v) is 6.50. The van der Waals surface area contributed by atoms with E-state index in [-0.39, 0.29) is 12.4 Å². The molecule has 0 aromatic heterocycles. The summed E-state index contributed by atoms with van der Waals surface area (Å²) >= 11 is 1.20. The molecule has 64 valence electrons. The average molecular weight is 180 g/mol. The summed E-state index contributed by atoms with van der Waals surface area (Å²) in [4.78, 5) is 23.7. The smallest absolute Gasteiger partial charge is 0.294 e. The Labute approximate surface area is 67.2 Å². The third kappa shape index (κ3) is 9.02. The summed E-state index contributed by atoms with van der Waals surface area (Å²) in [7, 11) is 0. The van der Waals surface area contributed by atoms with E-state index in [1.54, 1.807) is 0 Å². The first-order valence-electron chi connectivity index (χ1n) is 2.76. The summed E-state index contributed by atoms with van der Waals surface area (Å²) < 4.78 is 0. The van der Waals surface area contributed by atoms with Gasteiger partial charge in [-0.2, -0.15) is 11.8 Å². The molecule has 0 heterocycles. The van der Waals surface area contributed by atoms with Gasteiger partial charge in [0.15, 0.2) is 0 Å². The van der Waals surface area contributed by atoms with E-state index in [1.807, 2.05) is 0 Å². The molecule has 0 aliphatic rings. The van der Waals surface area contributed by atoms with E-state index in [2.05, 4.69) is 4.84 Å². The van der Waals surface area contributed by atoms with Gasteiger partial charge in [-0.3, -0.25) is 4.79 Å². The molecule has 0 aliphatic heterocycles. The molecule has 0 bridgehead atoms. The van der Waals surface area contributed by atoms with E-state index >= 15 is 0 Å². The highest BCUT2D eigenvalue weighted by molar-refractivity contribution is 7.99. The lowest BCUT2D eigenvalue weighted by Crippen LogP contribution is -2.14. The van der Waals surface area contributed by atoms with Gasteiger partial charge in [-0.05, 0) is 0 Å². The third-order valence-corrected chi connectivity index (χ3v) is 1.61. The topological polar surface area (TPSA) is 95.5 Å². The summed E-state index contributed by atoms with van der Waals surface area (Å²) in [6.07, 6.45) is 0. The molecular weight excluding hydrogens is 172 g/mol. The monoisotopic (exact) mass is 180 g/mol. The number of hydrogen-bond donors (Lipinski definition) is 1. The zero-order chi connectivity index (χ0) is 8.69. The van der Waals surface area contributed by atoms with Crippen LogP contribution in [0.5, 0.6) is 0 Å². The van der Waals surface area contributed by atoms with E-state index in [9.17, 15) is 14.9 Å². The number of nitrogens with zero attached hydrogens (tertiary/aromatic N) is 1. The van der Waals surface area contributed by atoms with Crippen molar-refractivity contribution in [3.63, 3.8) is 0 Å². The predicted molar refractivity (Wildman–Crippen MR) is 39.5 cm³/mol. The maximum absolute atomic E-state index is 10.1. The molecule has 11 heavy (non-hydrogen) atoms. The fourth-order valence-corrected chi connectivity index (χ4v) is 0.881. The van der Waals surface area contributed by atoms with E-state index < -0.39 is 11.0 Å². The molecule has 0 saturated heterocycles. The van der Waals surface area contributed by atoms with Crippen LogP contribution in [0, 0.1) is 10.1 Å². The summed E-state index contributed by atoms with van der Waals surface area (Å²) in [6, 6.07) is 0. The number of nitrogens with two attached hydrogens (primary N) is 1. The second-order valence-corrected chi connectivity index (χ2v) is 2.68. The lowest BCUT2D eigenvalue weighted by molar-refractivity contribution is -0.756. The molecule has 0 unspecified atom stereocenters. The number of carbonyl (C=O) groups excluding carboxylic acids is 1. The van der Waals surface area contributed by atoms with Crippen molar-refractivity contribution in [1.29, 1.82) is 0 Å². The number of thioether (sulfide) groups is 1. The molecule has 2 N–H and O–H groups in total. The fraction of sp³-hybridized carbons (Fsp3) is 0.750. The second-order valence-electron chi connectivity index (χ2n) is 1.58. The molecule has 0 radical (unpaired) electrons. The third-order valence-electron chi connectivity index (χ3n) is 0.669. The molecule has 0 rings (SSSR count). The maximum Gasteiger partial charge on any atom is 0.294 e. The summed E-state index contributed by atoms with van der Waals surface area (Å²) in [5.74, 6) is 0.126. The van der Waals surface area contributed by atoms with Gasteiger partial charge in [0, 0.05) is 5.75 Å². The van der Waals surface area contributed by atoms with Gasteiger partial charge in [0.25, 0.3) is 5.09 Å². The lowest BCUT2D eigenvalue weighted by Gasteiger charge is -1.96. The highest BCUT2D eigenvalue weighted by atomic mass is 32.2. The van der Waals surface area contributed by atoms with Crippen LogP contribution in [0.3, 0.4) is 0 Å². The fourth-order valence-electron chi connectivity index (χ4n) is 0.343. The molecule has 0 saturated carbocycles. The maximum atomic E-state index is 10.1. The van der Waals surface area contributed by atoms with Crippen molar-refractivity contribution in [1.82, 2.24) is 0 Å². The average Bonchev–Trinajstić information content (AvgIpc) is 1.85. The van der Waals surface area contributed by atoms with Crippen LogP contribution in [-0.4, -0.2) is 29.1 Å². The standard InChI is InChI=1S/C4H8N2O4S/c5-4(7)3-11-2-1-10-6(8)9/h1-3H2,(H2,5,7). The van der Waals surface area contributed by atoms with Gasteiger partial charge >= 0.3 is 0 Å². The molecule has 0 aromatic carbocycles. The zero-order valence-electron chi connectivity index (χ0n) is 5.69. The van der Waals surface area contributed by atoms with Gasteiger partial charge in [-0.15, -0.1) is 10.1 Å². The van der Waals surface area contributed by atoms with Gasteiger partial charge in [-0.25, -0.2) is 0 Å². The first-order valence-corrected chi connectivity index (χ1v) is 3.91. The summed E-state index contributed by atoms with van der Waals surface area (Å²) in [5, 5.41) is 8.71. The van der Waals surface area contributed by atoms with Crippen molar-refractivity contribution in [3.05, 3.63) is 10.1 Å². The Bertz CT molecular complexity index is 135. The molecule has 0 spiro atoms. The van der Waals surface area contributed by atoms with E-state index in [0.29, 0.717) is 5.75 Å². The van der Waals surface area contributed by atoms with Crippen LogP contribution in [0.15, 0.2) is 0 Å². The van der Waals surface area contributed by atoms with Crippen molar-refractivity contribution in [2.45, 2.75) is 0 Å². The molecule has 0 aliphatic carbocycles. The number of rotatable bonds is 6. The largest absolute Gasteiger partial charge is 0.369 e. The summed E-state index contributed by atoms with van der Waals surface area (Å²) in [6.45, 7) is -0.00898. The lowest BCUT2D eigenvalue weighted by atomic mass is 10.8. The second kappa shape index (κ2) is 5.78. The van der Waals surface area contributed by atoms with Crippen LogP contribution in [0.4, 0.5) is 0 Å². The van der Waals surface area contributed by atoms with Crippen LogP contribution in [-0.2, 0) is 9.63 Å². The number of hydrogen-bond acceptors (Lipinski definition) is 5. The quantitative estimate of drug-likeness (QED) is 0.335. The molecule has 7 heteroatoms. The van der Waals surface area contributed by atoms with E-state index in [4.69, 9.17) is 5.73 Å². The van der Waals surface area contributed by atoms with Gasteiger partial charge in [0.2, 0.25) is 5.91 Å². The Balaban J connectivity index is 3.03. The van der Waals surface area contributed by atoms with Gasteiger partial charge in [-0.1, -0.05) is 0 Å². The number of primary amides is 1. The van der Waals surface area contributed by atoms with Crippen LogP contribution in [0.25, 0.3) is 0 Å². The highest BCUT2D eigenvalue weighted by Gasteiger charge is 1.96. The van der Waals surface area contributed by atoms with Crippen LogP contribution in [0.2, 0.25) is 0 Å². The van der Waals surface area contributed by atoms with Crippen LogP contribution in [0.1, 0.15) is 0 Å². The minimum absolute atomic E-state index is 0.00898. The Kier molecular flexibility index (Phi) is 5.26. The van der Waals surface area contributed by atoms with E-state index in [0.717, 1.165) is 0 Å². The minimum atomic E-state index is -0.870. The first kappa shape index (κ1) is 10.0. The molecule has 6 nitrogen and oxygen atoms in total. The Morgan fingerprint density at radius 2 is 2.36 bits per heavy atom. The SMILES string of the molecule is NC(=O)CSCCO[N+](=O)[O-]. The van der Waals surface area contributed by atoms with Gasteiger partial charge in [0.05, 0.1) is 5.75 Å².